The molecule has 2 N–H and O–H groups in total. The van der Waals surface area contributed by atoms with Gasteiger partial charge in [-0.2, -0.15) is 0 Å². The first-order valence-corrected chi connectivity index (χ1v) is 7.26. The minimum Gasteiger partial charge on any atom is -0.478 e. The Balaban J connectivity index is 2.19. The second kappa shape index (κ2) is 6.83. The Morgan fingerprint density at radius 3 is 3.00 bits per heavy atom. The van der Waals surface area contributed by atoms with E-state index in [0.717, 1.165) is 16.7 Å². The molecule has 2 rings (SSSR count). The molecular formula is C15H14N2O2S. The van der Waals surface area contributed by atoms with Gasteiger partial charge in [0.1, 0.15) is 11.4 Å². The van der Waals surface area contributed by atoms with Crippen LogP contribution in [0, 0.1) is 12.3 Å². The zero-order valence-electron chi connectivity index (χ0n) is 10.8. The van der Waals surface area contributed by atoms with Crippen molar-refractivity contribution in [3.05, 3.63) is 35.9 Å². The van der Waals surface area contributed by atoms with E-state index >= 15 is 0 Å². The lowest BCUT2D eigenvalue weighted by Gasteiger charge is -2.09. The zero-order valence-corrected chi connectivity index (χ0v) is 11.6. The second-order valence-corrected chi connectivity index (χ2v) is 5.17. The number of para-hydroxylation sites is 1. The predicted octanol–water partition coefficient (Wildman–Crippen LogP) is 2.71. The van der Waals surface area contributed by atoms with Crippen molar-refractivity contribution in [3.8, 4) is 12.3 Å². The van der Waals surface area contributed by atoms with Crippen molar-refractivity contribution in [2.75, 3.05) is 23.4 Å². The Morgan fingerprint density at radius 1 is 1.45 bits per heavy atom. The van der Waals surface area contributed by atoms with Gasteiger partial charge in [-0.1, -0.05) is 24.1 Å². The molecule has 0 amide bonds. The van der Waals surface area contributed by atoms with E-state index in [1.165, 1.54) is 0 Å². The molecule has 0 saturated carbocycles. The van der Waals surface area contributed by atoms with Crippen LogP contribution in [-0.4, -0.2) is 34.1 Å². The van der Waals surface area contributed by atoms with E-state index in [9.17, 15) is 9.90 Å². The monoisotopic (exact) mass is 286 g/mol. The maximum Gasteiger partial charge on any atom is 0.339 e. The maximum absolute atomic E-state index is 11.3. The van der Waals surface area contributed by atoms with Gasteiger partial charge in [0.2, 0.25) is 0 Å². The number of thioether (sulfide) groups is 1. The fourth-order valence-corrected chi connectivity index (χ4v) is 2.30. The van der Waals surface area contributed by atoms with Gasteiger partial charge in [-0.15, -0.1) is 18.2 Å². The molecule has 0 radical (unpaired) electrons. The highest BCUT2D eigenvalue weighted by Crippen LogP contribution is 2.20. The fourth-order valence-electron chi connectivity index (χ4n) is 1.79. The molecule has 1 heterocycles. The lowest BCUT2D eigenvalue weighted by atomic mass is 10.1. The summed E-state index contributed by atoms with van der Waals surface area (Å²) in [6.07, 6.45) is 5.17. The second-order valence-electron chi connectivity index (χ2n) is 4.07. The van der Waals surface area contributed by atoms with Gasteiger partial charge in [-0.3, -0.25) is 0 Å². The Kier molecular flexibility index (Phi) is 4.85. The van der Waals surface area contributed by atoms with E-state index in [0.29, 0.717) is 18.1 Å². The number of rotatable bonds is 6. The largest absolute Gasteiger partial charge is 0.478 e. The van der Waals surface area contributed by atoms with E-state index in [1.54, 1.807) is 17.8 Å². The molecule has 0 fully saturated rings. The van der Waals surface area contributed by atoms with Crippen LogP contribution < -0.4 is 5.32 Å². The van der Waals surface area contributed by atoms with Crippen LogP contribution >= 0.6 is 11.8 Å². The van der Waals surface area contributed by atoms with Gasteiger partial charge in [-0.25, -0.2) is 9.78 Å². The van der Waals surface area contributed by atoms with Gasteiger partial charge in [-0.05, 0) is 12.1 Å². The Hall–Kier alpha value is -2.19. The van der Waals surface area contributed by atoms with Gasteiger partial charge in [0.15, 0.2) is 0 Å². The number of aromatic carboxylic acids is 1. The number of aromatic nitrogens is 1. The number of nitrogens with zero attached hydrogens (tertiary/aromatic N) is 1. The molecular weight excluding hydrogens is 272 g/mol. The first kappa shape index (κ1) is 14.2. The van der Waals surface area contributed by atoms with Gasteiger partial charge in [0.05, 0.1) is 11.3 Å². The molecule has 0 aliphatic heterocycles. The van der Waals surface area contributed by atoms with Crippen LogP contribution in [0.4, 0.5) is 5.82 Å². The molecule has 0 atom stereocenters. The summed E-state index contributed by atoms with van der Waals surface area (Å²) in [7, 11) is 0. The van der Waals surface area contributed by atoms with E-state index in [1.807, 2.05) is 24.3 Å². The highest BCUT2D eigenvalue weighted by Gasteiger charge is 2.12. The molecule has 2 aromatic rings. The molecule has 0 aliphatic rings. The first-order valence-electron chi connectivity index (χ1n) is 6.10. The van der Waals surface area contributed by atoms with Crippen LogP contribution in [0.5, 0.6) is 0 Å². The zero-order chi connectivity index (χ0) is 14.4. The Morgan fingerprint density at radius 2 is 2.25 bits per heavy atom. The first-order chi connectivity index (χ1) is 9.72. The van der Waals surface area contributed by atoms with Crippen LogP contribution in [-0.2, 0) is 0 Å². The topological polar surface area (TPSA) is 62.2 Å². The van der Waals surface area contributed by atoms with Crippen LogP contribution in [0.2, 0.25) is 0 Å². The fraction of sp³-hybridized carbons (Fsp3) is 0.200. The number of carbonyl (C=O) groups is 1. The third-order valence-electron chi connectivity index (χ3n) is 2.68. The summed E-state index contributed by atoms with van der Waals surface area (Å²) in [6, 6.07) is 9.09. The standard InChI is InChI=1S/C15H14N2O2S/c1-2-8-20-9-7-16-14-12(15(18)19)10-11-5-3-4-6-13(11)17-14/h1,3-6,10H,7-9H2,(H,16,17)(H,18,19). The number of anilines is 1. The van der Waals surface area contributed by atoms with Crippen LogP contribution in [0.1, 0.15) is 10.4 Å². The molecule has 20 heavy (non-hydrogen) atoms. The molecule has 0 spiro atoms. The number of nitrogens with one attached hydrogen (secondary N) is 1. The van der Waals surface area contributed by atoms with Crippen molar-refractivity contribution in [1.29, 1.82) is 0 Å². The number of fused-ring (bicyclic) bond motifs is 1. The SMILES string of the molecule is C#CCSCCNc1nc2ccccc2cc1C(=O)O. The summed E-state index contributed by atoms with van der Waals surface area (Å²) in [4.78, 5) is 15.7. The average molecular weight is 286 g/mol. The van der Waals surface area contributed by atoms with Crippen molar-refractivity contribution < 1.29 is 9.90 Å². The molecule has 4 nitrogen and oxygen atoms in total. The number of carboxylic acids is 1. The summed E-state index contributed by atoms with van der Waals surface area (Å²) in [5.74, 6) is 3.42. The summed E-state index contributed by atoms with van der Waals surface area (Å²) < 4.78 is 0. The van der Waals surface area contributed by atoms with Gasteiger partial charge < -0.3 is 10.4 Å². The number of hydrogen-bond donors (Lipinski definition) is 2. The molecule has 102 valence electrons. The summed E-state index contributed by atoms with van der Waals surface area (Å²) in [5.41, 5.74) is 0.960. The Bertz CT molecular complexity index is 664. The normalized spacial score (nSPS) is 10.2. The number of benzene rings is 1. The van der Waals surface area contributed by atoms with E-state index in [2.05, 4.69) is 16.2 Å². The van der Waals surface area contributed by atoms with Gasteiger partial charge in [0.25, 0.3) is 0 Å². The van der Waals surface area contributed by atoms with Crippen molar-refractivity contribution in [3.63, 3.8) is 0 Å². The molecule has 1 aromatic carbocycles. The summed E-state index contributed by atoms with van der Waals surface area (Å²) in [6.45, 7) is 0.623. The average Bonchev–Trinajstić information content (AvgIpc) is 2.46. The molecule has 0 unspecified atom stereocenters. The van der Waals surface area contributed by atoms with E-state index in [4.69, 9.17) is 6.42 Å². The lowest BCUT2D eigenvalue weighted by molar-refractivity contribution is 0.0698. The van der Waals surface area contributed by atoms with Crippen molar-refractivity contribution in [2.24, 2.45) is 0 Å². The number of carboxylic acid groups (broad SMARTS) is 1. The molecule has 5 heteroatoms. The quantitative estimate of drug-likeness (QED) is 0.631. The van der Waals surface area contributed by atoms with Gasteiger partial charge in [0, 0.05) is 17.7 Å². The minimum absolute atomic E-state index is 0.186. The predicted molar refractivity (Wildman–Crippen MR) is 83.4 cm³/mol. The highest BCUT2D eigenvalue weighted by molar-refractivity contribution is 7.99. The van der Waals surface area contributed by atoms with E-state index in [-0.39, 0.29) is 5.56 Å². The Labute approximate surface area is 121 Å². The van der Waals surface area contributed by atoms with Crippen LogP contribution in [0.15, 0.2) is 30.3 Å². The van der Waals surface area contributed by atoms with Crippen molar-refractivity contribution in [1.82, 2.24) is 4.98 Å². The number of terminal acetylenes is 1. The van der Waals surface area contributed by atoms with Crippen LogP contribution in [0.25, 0.3) is 10.9 Å². The third kappa shape index (κ3) is 3.43. The highest BCUT2D eigenvalue weighted by atomic mass is 32.2. The van der Waals surface area contributed by atoms with Crippen molar-refractivity contribution in [2.45, 2.75) is 0 Å². The molecule has 0 bridgehead atoms. The minimum atomic E-state index is -0.984. The number of hydrogen-bond acceptors (Lipinski definition) is 4. The van der Waals surface area contributed by atoms with E-state index < -0.39 is 5.97 Å². The molecule has 1 aromatic heterocycles. The van der Waals surface area contributed by atoms with Gasteiger partial charge >= 0.3 is 5.97 Å². The third-order valence-corrected chi connectivity index (χ3v) is 3.54. The summed E-state index contributed by atoms with van der Waals surface area (Å²) >= 11 is 1.62. The molecule has 0 saturated heterocycles. The lowest BCUT2D eigenvalue weighted by Crippen LogP contribution is -2.11. The molecule has 0 aliphatic carbocycles. The summed E-state index contributed by atoms with van der Waals surface area (Å²) in [5, 5.41) is 13.1. The van der Waals surface area contributed by atoms with Crippen molar-refractivity contribution >= 4 is 34.5 Å². The smallest absolute Gasteiger partial charge is 0.339 e. The maximum atomic E-state index is 11.3. The number of pyridine rings is 1. The van der Waals surface area contributed by atoms with Crippen LogP contribution in [0.3, 0.4) is 0 Å².